The number of benzene rings is 1. The van der Waals surface area contributed by atoms with Crippen LogP contribution < -0.4 is 4.74 Å². The fourth-order valence-electron chi connectivity index (χ4n) is 1.02. The molecule has 0 aliphatic heterocycles. The highest BCUT2D eigenvalue weighted by Crippen LogP contribution is 2.09. The van der Waals surface area contributed by atoms with E-state index >= 15 is 0 Å². The van der Waals surface area contributed by atoms with Crippen LogP contribution in [0.3, 0.4) is 0 Å². The van der Waals surface area contributed by atoms with Crippen LogP contribution in [0.4, 0.5) is 0 Å². The molecule has 1 N–H and O–H groups in total. The van der Waals surface area contributed by atoms with E-state index in [-0.39, 0.29) is 5.88 Å². The number of aliphatic hydroxyl groups is 1. The lowest BCUT2D eigenvalue weighted by molar-refractivity contribution is 0.207. The molecule has 0 radical (unpaired) electrons. The van der Waals surface area contributed by atoms with E-state index in [1.807, 2.05) is 24.3 Å². The second-order valence-corrected chi connectivity index (χ2v) is 3.38. The van der Waals surface area contributed by atoms with Crippen LogP contribution in [0.15, 0.2) is 29.3 Å². The Morgan fingerprint density at radius 3 is 2.67 bits per heavy atom. The van der Waals surface area contributed by atoms with Crippen molar-refractivity contribution in [3.05, 3.63) is 29.8 Å². The summed E-state index contributed by atoms with van der Waals surface area (Å²) in [5, 5.41) is 9.15. The minimum Gasteiger partial charge on any atom is -0.497 e. The summed E-state index contributed by atoms with van der Waals surface area (Å²) >= 11 is 5.43. The van der Waals surface area contributed by atoms with E-state index in [1.165, 1.54) is 0 Å². The molecule has 0 aliphatic rings. The van der Waals surface area contributed by atoms with Gasteiger partial charge in [-0.25, -0.2) is 0 Å². The number of rotatable bonds is 5. The van der Waals surface area contributed by atoms with Gasteiger partial charge in [0.1, 0.15) is 5.75 Å². The topological polar surface area (TPSA) is 41.8 Å². The van der Waals surface area contributed by atoms with Crippen LogP contribution in [0.25, 0.3) is 0 Å². The minimum absolute atomic E-state index is 0.208. The summed E-state index contributed by atoms with van der Waals surface area (Å²) in [6.07, 6.45) is 1.14. The Labute approximate surface area is 94.4 Å². The van der Waals surface area contributed by atoms with Gasteiger partial charge in [-0.3, -0.25) is 4.99 Å². The molecule has 0 aliphatic carbocycles. The minimum atomic E-state index is -0.568. The number of methoxy groups -OCH3 is 1. The van der Waals surface area contributed by atoms with Gasteiger partial charge < -0.3 is 9.84 Å². The molecule has 1 aromatic rings. The predicted octanol–water partition coefficient (Wildman–Crippen LogP) is 1.71. The standard InChI is InChI=1S/C11H14ClNO2/c1-15-11-4-2-9(3-5-11)7-13-8-10(14)6-12/h2-5,7,10,14H,6,8H2,1H3/b13-7+. The molecular weight excluding hydrogens is 214 g/mol. The Morgan fingerprint density at radius 2 is 2.13 bits per heavy atom. The van der Waals surface area contributed by atoms with Crippen molar-refractivity contribution < 1.29 is 9.84 Å². The van der Waals surface area contributed by atoms with E-state index < -0.39 is 6.10 Å². The molecule has 1 unspecified atom stereocenters. The van der Waals surface area contributed by atoms with Gasteiger partial charge in [0.2, 0.25) is 0 Å². The van der Waals surface area contributed by atoms with Crippen molar-refractivity contribution in [2.24, 2.45) is 4.99 Å². The van der Waals surface area contributed by atoms with Crippen LogP contribution in [0.1, 0.15) is 5.56 Å². The maximum Gasteiger partial charge on any atom is 0.118 e. The number of alkyl halides is 1. The Kier molecular flexibility index (Phi) is 5.15. The molecule has 0 bridgehead atoms. The number of hydrogen-bond donors (Lipinski definition) is 1. The quantitative estimate of drug-likeness (QED) is 0.615. The van der Waals surface area contributed by atoms with E-state index in [2.05, 4.69) is 4.99 Å². The molecule has 0 fully saturated rings. The third kappa shape index (κ3) is 4.32. The van der Waals surface area contributed by atoms with Gasteiger partial charge >= 0.3 is 0 Å². The van der Waals surface area contributed by atoms with Crippen LogP contribution in [-0.4, -0.2) is 37.0 Å². The van der Waals surface area contributed by atoms with Crippen molar-refractivity contribution in [2.45, 2.75) is 6.10 Å². The average molecular weight is 228 g/mol. The molecule has 0 aromatic heterocycles. The van der Waals surface area contributed by atoms with Gasteiger partial charge in [0.05, 0.1) is 25.6 Å². The Hall–Kier alpha value is -1.06. The van der Waals surface area contributed by atoms with Crippen molar-refractivity contribution in [3.63, 3.8) is 0 Å². The summed E-state index contributed by atoms with van der Waals surface area (Å²) in [5.74, 6) is 1.02. The van der Waals surface area contributed by atoms with Gasteiger partial charge in [0.15, 0.2) is 0 Å². The lowest BCUT2D eigenvalue weighted by Crippen LogP contribution is -2.12. The van der Waals surface area contributed by atoms with E-state index in [4.69, 9.17) is 21.4 Å². The summed E-state index contributed by atoms with van der Waals surface area (Å²) in [4.78, 5) is 4.07. The average Bonchev–Trinajstić information content (AvgIpc) is 2.29. The molecule has 1 aromatic carbocycles. The molecule has 0 saturated carbocycles. The van der Waals surface area contributed by atoms with E-state index in [9.17, 15) is 0 Å². The summed E-state index contributed by atoms with van der Waals surface area (Å²) < 4.78 is 5.03. The molecule has 1 atom stereocenters. The predicted molar refractivity (Wildman–Crippen MR) is 62.2 cm³/mol. The molecule has 0 heterocycles. The van der Waals surface area contributed by atoms with Crippen LogP contribution >= 0.6 is 11.6 Å². The smallest absolute Gasteiger partial charge is 0.118 e. The Morgan fingerprint density at radius 1 is 1.47 bits per heavy atom. The van der Waals surface area contributed by atoms with Gasteiger partial charge in [-0.15, -0.1) is 11.6 Å². The molecule has 1 rings (SSSR count). The summed E-state index contributed by atoms with van der Waals surface area (Å²) in [6, 6.07) is 7.52. The number of ether oxygens (including phenoxy) is 1. The van der Waals surface area contributed by atoms with Gasteiger partial charge in [0, 0.05) is 6.21 Å². The van der Waals surface area contributed by atoms with Crippen molar-refractivity contribution in [1.82, 2.24) is 0 Å². The van der Waals surface area contributed by atoms with E-state index in [0.29, 0.717) is 6.54 Å². The van der Waals surface area contributed by atoms with E-state index in [1.54, 1.807) is 13.3 Å². The monoisotopic (exact) mass is 227 g/mol. The van der Waals surface area contributed by atoms with Gasteiger partial charge in [-0.05, 0) is 29.8 Å². The lowest BCUT2D eigenvalue weighted by atomic mass is 10.2. The molecule has 4 heteroatoms. The Bertz CT molecular complexity index is 311. The molecule has 82 valence electrons. The van der Waals surface area contributed by atoms with Crippen LogP contribution in [0, 0.1) is 0 Å². The highest BCUT2D eigenvalue weighted by atomic mass is 35.5. The fourth-order valence-corrected chi connectivity index (χ4v) is 1.12. The molecular formula is C11H14ClNO2. The third-order valence-electron chi connectivity index (χ3n) is 1.85. The van der Waals surface area contributed by atoms with Crippen LogP contribution in [-0.2, 0) is 0 Å². The number of aliphatic hydroxyl groups excluding tert-OH is 1. The highest BCUT2D eigenvalue weighted by molar-refractivity contribution is 6.18. The second-order valence-electron chi connectivity index (χ2n) is 3.08. The van der Waals surface area contributed by atoms with Crippen molar-refractivity contribution in [2.75, 3.05) is 19.5 Å². The number of nitrogens with zero attached hydrogens (tertiary/aromatic N) is 1. The molecule has 15 heavy (non-hydrogen) atoms. The van der Waals surface area contributed by atoms with Crippen molar-refractivity contribution in [1.29, 1.82) is 0 Å². The van der Waals surface area contributed by atoms with Crippen molar-refractivity contribution in [3.8, 4) is 5.75 Å². The summed E-state index contributed by atoms with van der Waals surface area (Å²) in [6.45, 7) is 0.329. The first-order valence-electron chi connectivity index (χ1n) is 4.64. The number of hydrogen-bond acceptors (Lipinski definition) is 3. The first-order chi connectivity index (χ1) is 7.26. The number of aliphatic imine (C=N–C) groups is 1. The molecule has 0 amide bonds. The summed E-state index contributed by atoms with van der Waals surface area (Å²) in [7, 11) is 1.62. The van der Waals surface area contributed by atoms with Gasteiger partial charge in [-0.2, -0.15) is 0 Å². The first-order valence-corrected chi connectivity index (χ1v) is 5.17. The normalized spacial score (nSPS) is 13.0. The number of halogens is 1. The third-order valence-corrected chi connectivity index (χ3v) is 2.21. The molecule has 0 saturated heterocycles. The van der Waals surface area contributed by atoms with Gasteiger partial charge in [-0.1, -0.05) is 0 Å². The first kappa shape index (κ1) is 12.0. The molecule has 3 nitrogen and oxygen atoms in total. The van der Waals surface area contributed by atoms with Crippen LogP contribution in [0.2, 0.25) is 0 Å². The van der Waals surface area contributed by atoms with Crippen molar-refractivity contribution >= 4 is 17.8 Å². The highest BCUT2D eigenvalue weighted by Gasteiger charge is 1.97. The van der Waals surface area contributed by atoms with Gasteiger partial charge in [0.25, 0.3) is 0 Å². The van der Waals surface area contributed by atoms with E-state index in [0.717, 1.165) is 11.3 Å². The maximum atomic E-state index is 9.15. The SMILES string of the molecule is COc1ccc(/C=N/CC(O)CCl)cc1. The zero-order valence-corrected chi connectivity index (χ0v) is 9.31. The Balaban J connectivity index is 2.49. The lowest BCUT2D eigenvalue weighted by Gasteiger charge is -2.01. The van der Waals surface area contributed by atoms with Crippen LogP contribution in [0.5, 0.6) is 5.75 Å². The molecule has 0 spiro atoms. The zero-order chi connectivity index (χ0) is 11.1. The second kappa shape index (κ2) is 6.43. The zero-order valence-electron chi connectivity index (χ0n) is 8.56. The maximum absolute atomic E-state index is 9.15. The summed E-state index contributed by atoms with van der Waals surface area (Å²) in [5.41, 5.74) is 0.970. The fraction of sp³-hybridized carbons (Fsp3) is 0.364. The largest absolute Gasteiger partial charge is 0.497 e.